The van der Waals surface area contributed by atoms with Crippen LogP contribution in [0, 0.1) is 5.92 Å². The average molecular weight is 273 g/mol. The zero-order valence-corrected chi connectivity index (χ0v) is 12.3. The quantitative estimate of drug-likeness (QED) is 0.637. The van der Waals surface area contributed by atoms with Gasteiger partial charge in [-0.25, -0.2) is 0 Å². The van der Waals surface area contributed by atoms with Crippen molar-refractivity contribution in [1.29, 1.82) is 0 Å². The van der Waals surface area contributed by atoms with Crippen LogP contribution in [0.5, 0.6) is 0 Å². The minimum Gasteiger partial charge on any atom is -0.300 e. The van der Waals surface area contributed by atoms with Crippen LogP contribution < -0.4 is 5.32 Å². The van der Waals surface area contributed by atoms with Gasteiger partial charge < -0.3 is 5.32 Å². The first-order valence-corrected chi connectivity index (χ1v) is 7.50. The van der Waals surface area contributed by atoms with Gasteiger partial charge in [0.15, 0.2) is 4.34 Å². The molecule has 0 bridgehead atoms. The molecule has 0 fully saturated rings. The first-order chi connectivity index (χ1) is 8.01. The third kappa shape index (κ3) is 5.50. The second-order valence-electron chi connectivity index (χ2n) is 4.36. The summed E-state index contributed by atoms with van der Waals surface area (Å²) in [5, 5.41) is 11.9. The van der Waals surface area contributed by atoms with E-state index in [1.807, 2.05) is 13.8 Å². The Kier molecular flexibility index (Phi) is 5.91. The molecule has 1 rings (SSSR count). The second kappa shape index (κ2) is 6.96. The number of hydrogen-bond donors (Lipinski definition) is 1. The zero-order valence-electron chi connectivity index (χ0n) is 10.7. The summed E-state index contributed by atoms with van der Waals surface area (Å²) >= 11 is 3.14. The molecule has 0 spiro atoms. The Balaban J connectivity index is 2.48. The Morgan fingerprint density at radius 3 is 2.71 bits per heavy atom. The number of amides is 1. The number of nitrogens with one attached hydrogen (secondary N) is 1. The van der Waals surface area contributed by atoms with E-state index in [-0.39, 0.29) is 5.91 Å². The Bertz CT molecular complexity index is 365. The van der Waals surface area contributed by atoms with E-state index in [1.165, 1.54) is 11.3 Å². The summed E-state index contributed by atoms with van der Waals surface area (Å²) in [6.07, 6.45) is 1.62. The van der Waals surface area contributed by atoms with E-state index in [0.29, 0.717) is 22.7 Å². The van der Waals surface area contributed by atoms with Gasteiger partial charge in [-0.05, 0) is 12.3 Å². The fourth-order valence-corrected chi connectivity index (χ4v) is 3.12. The molecule has 17 heavy (non-hydrogen) atoms. The van der Waals surface area contributed by atoms with Crippen molar-refractivity contribution in [2.24, 2.45) is 5.92 Å². The van der Waals surface area contributed by atoms with Gasteiger partial charge in [0.05, 0.1) is 0 Å². The van der Waals surface area contributed by atoms with E-state index in [0.717, 1.165) is 10.8 Å². The first kappa shape index (κ1) is 14.4. The van der Waals surface area contributed by atoms with E-state index in [1.54, 1.807) is 11.8 Å². The Hall–Kier alpha value is -0.620. The monoisotopic (exact) mass is 273 g/mol. The molecule has 0 radical (unpaired) electrons. The van der Waals surface area contributed by atoms with Crippen LogP contribution in [-0.2, 0) is 4.79 Å². The second-order valence-corrected chi connectivity index (χ2v) is 7.02. The molecule has 6 heteroatoms. The van der Waals surface area contributed by atoms with Crippen LogP contribution in [-0.4, -0.2) is 21.4 Å². The van der Waals surface area contributed by atoms with E-state index < -0.39 is 0 Å². The van der Waals surface area contributed by atoms with Gasteiger partial charge in [0, 0.05) is 11.7 Å². The van der Waals surface area contributed by atoms with Crippen molar-refractivity contribution in [2.75, 3.05) is 5.32 Å². The predicted molar refractivity (Wildman–Crippen MR) is 73.6 cm³/mol. The fourth-order valence-electron chi connectivity index (χ4n) is 1.10. The third-order valence-corrected chi connectivity index (χ3v) is 4.31. The predicted octanol–water partition coefficient (Wildman–Crippen LogP) is 3.41. The first-order valence-electron chi connectivity index (χ1n) is 5.81. The van der Waals surface area contributed by atoms with Gasteiger partial charge >= 0.3 is 0 Å². The molecule has 1 heterocycles. The molecule has 0 saturated carbocycles. The lowest BCUT2D eigenvalue weighted by Crippen LogP contribution is -2.13. The number of nitrogens with zero attached hydrogens (tertiary/aromatic N) is 2. The summed E-state index contributed by atoms with van der Waals surface area (Å²) in [4.78, 5) is 11.5. The SMILES string of the molecule is CCC(C)Sc1nnc(NC(=O)CC(C)C)s1. The van der Waals surface area contributed by atoms with Gasteiger partial charge in [-0.3, -0.25) is 4.79 Å². The van der Waals surface area contributed by atoms with Gasteiger partial charge in [-0.1, -0.05) is 50.8 Å². The highest BCUT2D eigenvalue weighted by molar-refractivity contribution is 8.01. The lowest BCUT2D eigenvalue weighted by Gasteiger charge is -2.03. The van der Waals surface area contributed by atoms with Crippen LogP contribution in [0.2, 0.25) is 0 Å². The zero-order chi connectivity index (χ0) is 12.8. The smallest absolute Gasteiger partial charge is 0.226 e. The van der Waals surface area contributed by atoms with Crippen LogP contribution in [0.15, 0.2) is 4.34 Å². The number of aromatic nitrogens is 2. The molecular formula is C11H19N3OS2. The molecule has 0 aliphatic carbocycles. The normalized spacial score (nSPS) is 12.8. The van der Waals surface area contributed by atoms with Crippen LogP contribution in [0.25, 0.3) is 0 Å². The minimum absolute atomic E-state index is 0.0104. The summed E-state index contributed by atoms with van der Waals surface area (Å²) in [5.74, 6) is 0.369. The fraction of sp³-hybridized carbons (Fsp3) is 0.727. The van der Waals surface area contributed by atoms with E-state index >= 15 is 0 Å². The third-order valence-electron chi connectivity index (χ3n) is 2.12. The van der Waals surface area contributed by atoms with Gasteiger partial charge in [0.1, 0.15) is 0 Å². The lowest BCUT2D eigenvalue weighted by atomic mass is 10.1. The summed E-state index contributed by atoms with van der Waals surface area (Å²) in [6, 6.07) is 0. The minimum atomic E-state index is 0.0104. The molecule has 1 unspecified atom stereocenters. The number of anilines is 1. The van der Waals surface area contributed by atoms with E-state index in [2.05, 4.69) is 29.4 Å². The van der Waals surface area contributed by atoms with Crippen molar-refractivity contribution < 1.29 is 4.79 Å². The van der Waals surface area contributed by atoms with Crippen molar-refractivity contribution in [2.45, 2.75) is 50.1 Å². The highest BCUT2D eigenvalue weighted by Crippen LogP contribution is 2.29. The molecule has 4 nitrogen and oxygen atoms in total. The van der Waals surface area contributed by atoms with Crippen LogP contribution >= 0.6 is 23.1 Å². The van der Waals surface area contributed by atoms with Crippen molar-refractivity contribution in [1.82, 2.24) is 10.2 Å². The number of thioether (sulfide) groups is 1. The molecule has 1 aromatic heterocycles. The lowest BCUT2D eigenvalue weighted by molar-refractivity contribution is -0.116. The Morgan fingerprint density at radius 2 is 2.12 bits per heavy atom. The molecule has 1 amide bonds. The molecule has 1 atom stereocenters. The van der Waals surface area contributed by atoms with Crippen molar-refractivity contribution in [3.63, 3.8) is 0 Å². The van der Waals surface area contributed by atoms with Gasteiger partial charge in [0.2, 0.25) is 11.0 Å². The number of carbonyl (C=O) groups is 1. The molecule has 0 aliphatic heterocycles. The molecule has 0 aliphatic rings. The maximum Gasteiger partial charge on any atom is 0.226 e. The Labute approximate surface area is 111 Å². The van der Waals surface area contributed by atoms with Gasteiger partial charge in [-0.2, -0.15) is 0 Å². The summed E-state index contributed by atoms with van der Waals surface area (Å²) < 4.78 is 0.916. The van der Waals surface area contributed by atoms with E-state index in [4.69, 9.17) is 0 Å². The van der Waals surface area contributed by atoms with Crippen LogP contribution in [0.1, 0.15) is 40.5 Å². The van der Waals surface area contributed by atoms with Crippen LogP contribution in [0.4, 0.5) is 5.13 Å². The average Bonchev–Trinajstić information content (AvgIpc) is 2.63. The van der Waals surface area contributed by atoms with Crippen molar-refractivity contribution >= 4 is 34.1 Å². The molecule has 0 saturated heterocycles. The standard InChI is InChI=1S/C11H19N3OS2/c1-5-8(4)16-11-14-13-10(17-11)12-9(15)6-7(2)3/h7-8H,5-6H2,1-4H3,(H,12,13,15). The van der Waals surface area contributed by atoms with Gasteiger partial charge in [-0.15, -0.1) is 10.2 Å². The van der Waals surface area contributed by atoms with E-state index in [9.17, 15) is 4.79 Å². The van der Waals surface area contributed by atoms with Crippen molar-refractivity contribution in [3.8, 4) is 0 Å². The number of rotatable bonds is 6. The summed E-state index contributed by atoms with van der Waals surface area (Å²) in [6.45, 7) is 8.33. The molecule has 0 aromatic carbocycles. The molecule has 1 aromatic rings. The summed E-state index contributed by atoms with van der Waals surface area (Å²) in [7, 11) is 0. The number of carbonyl (C=O) groups excluding carboxylic acids is 1. The molecule has 96 valence electrons. The largest absolute Gasteiger partial charge is 0.300 e. The topological polar surface area (TPSA) is 54.9 Å². The highest BCUT2D eigenvalue weighted by Gasteiger charge is 2.11. The van der Waals surface area contributed by atoms with Crippen LogP contribution in [0.3, 0.4) is 0 Å². The summed E-state index contributed by atoms with van der Waals surface area (Å²) in [5.41, 5.74) is 0. The maximum absolute atomic E-state index is 11.5. The molecule has 1 N–H and O–H groups in total. The maximum atomic E-state index is 11.5. The number of hydrogen-bond acceptors (Lipinski definition) is 5. The van der Waals surface area contributed by atoms with Gasteiger partial charge in [0.25, 0.3) is 0 Å². The highest BCUT2D eigenvalue weighted by atomic mass is 32.2. The molecular weight excluding hydrogens is 254 g/mol. The Morgan fingerprint density at radius 1 is 1.41 bits per heavy atom. The van der Waals surface area contributed by atoms with Crippen molar-refractivity contribution in [3.05, 3.63) is 0 Å².